The molecule has 5 heteroatoms. The highest BCUT2D eigenvalue weighted by atomic mass is 32.2. The minimum absolute atomic E-state index is 0.0923. The normalized spacial score (nSPS) is 23.1. The van der Waals surface area contributed by atoms with Crippen LogP contribution in [0, 0.1) is 5.92 Å². The van der Waals surface area contributed by atoms with E-state index in [-0.39, 0.29) is 5.92 Å². The van der Waals surface area contributed by atoms with Gasteiger partial charge in [-0.3, -0.25) is 0 Å². The first kappa shape index (κ1) is 12.7. The van der Waals surface area contributed by atoms with Crippen molar-refractivity contribution in [1.29, 1.82) is 0 Å². The van der Waals surface area contributed by atoms with Crippen LogP contribution in [0.5, 0.6) is 0 Å². The molecule has 0 radical (unpaired) electrons. The molecular formula is C10H19NO3S. The molecule has 0 amide bonds. The zero-order chi connectivity index (χ0) is 11.7. The average Bonchev–Trinajstić information content (AvgIpc) is 2.83. The molecule has 1 aliphatic rings. The van der Waals surface area contributed by atoms with Gasteiger partial charge in [0.25, 0.3) is 0 Å². The Kier molecular flexibility index (Phi) is 3.58. The number of sulfonamides is 1. The van der Waals surface area contributed by atoms with Crippen LogP contribution < -0.4 is 4.72 Å². The van der Waals surface area contributed by atoms with Crippen LogP contribution in [-0.2, 0) is 10.0 Å². The highest BCUT2D eigenvalue weighted by Crippen LogP contribution is 2.42. The topological polar surface area (TPSA) is 66.4 Å². The second-order valence-electron chi connectivity index (χ2n) is 4.54. The molecule has 0 bridgehead atoms. The van der Waals surface area contributed by atoms with E-state index in [1.54, 1.807) is 13.0 Å². The zero-order valence-corrected chi connectivity index (χ0v) is 10.0. The third kappa shape index (κ3) is 3.03. The molecule has 2 N–H and O–H groups in total. The molecule has 0 aromatic heterocycles. The number of hydrogen-bond acceptors (Lipinski definition) is 3. The van der Waals surface area contributed by atoms with E-state index in [1.165, 1.54) is 0 Å². The summed E-state index contributed by atoms with van der Waals surface area (Å²) in [6.45, 7) is 7.15. The van der Waals surface area contributed by atoms with Gasteiger partial charge in [-0.15, -0.1) is 6.58 Å². The molecule has 0 saturated heterocycles. The SMILES string of the molecule is C=CC(C)CC(O)NS(=O)(=O)C1(C)CC1. The van der Waals surface area contributed by atoms with Gasteiger partial charge in [-0.2, -0.15) is 4.72 Å². The lowest BCUT2D eigenvalue weighted by molar-refractivity contribution is 0.142. The van der Waals surface area contributed by atoms with Crippen LogP contribution in [0.3, 0.4) is 0 Å². The largest absolute Gasteiger partial charge is 0.378 e. The van der Waals surface area contributed by atoms with Crippen LogP contribution in [0.15, 0.2) is 12.7 Å². The van der Waals surface area contributed by atoms with Gasteiger partial charge in [0.05, 0.1) is 4.75 Å². The third-order valence-corrected chi connectivity index (χ3v) is 5.18. The van der Waals surface area contributed by atoms with Crippen molar-refractivity contribution in [2.45, 2.75) is 44.1 Å². The van der Waals surface area contributed by atoms with Gasteiger partial charge in [0.1, 0.15) is 6.23 Å². The van der Waals surface area contributed by atoms with Crippen LogP contribution in [0.2, 0.25) is 0 Å². The average molecular weight is 233 g/mol. The Morgan fingerprint density at radius 2 is 2.13 bits per heavy atom. The molecule has 4 nitrogen and oxygen atoms in total. The van der Waals surface area contributed by atoms with Gasteiger partial charge in [-0.1, -0.05) is 13.0 Å². The lowest BCUT2D eigenvalue weighted by Gasteiger charge is -2.18. The first-order valence-corrected chi connectivity index (χ1v) is 6.61. The van der Waals surface area contributed by atoms with Crippen molar-refractivity contribution >= 4 is 10.0 Å². The van der Waals surface area contributed by atoms with E-state index in [1.807, 2.05) is 6.92 Å². The quantitative estimate of drug-likeness (QED) is 0.531. The minimum atomic E-state index is -3.37. The summed E-state index contributed by atoms with van der Waals surface area (Å²) in [6.07, 6.45) is 2.38. The lowest BCUT2D eigenvalue weighted by atomic mass is 10.1. The molecule has 2 unspecified atom stereocenters. The summed E-state index contributed by atoms with van der Waals surface area (Å²) in [5.41, 5.74) is 0. The summed E-state index contributed by atoms with van der Waals surface area (Å²) in [7, 11) is -3.37. The molecule has 2 atom stereocenters. The molecule has 15 heavy (non-hydrogen) atoms. The molecule has 0 heterocycles. The Bertz CT molecular complexity index is 333. The summed E-state index contributed by atoms with van der Waals surface area (Å²) >= 11 is 0. The smallest absolute Gasteiger partial charge is 0.219 e. The number of rotatable bonds is 6. The summed E-state index contributed by atoms with van der Waals surface area (Å²) < 4.78 is 25.0. The van der Waals surface area contributed by atoms with Crippen molar-refractivity contribution in [2.75, 3.05) is 0 Å². The fraction of sp³-hybridized carbons (Fsp3) is 0.800. The predicted octanol–water partition coefficient (Wildman–Crippen LogP) is 0.989. The van der Waals surface area contributed by atoms with Crippen molar-refractivity contribution in [1.82, 2.24) is 4.72 Å². The van der Waals surface area contributed by atoms with E-state index in [0.717, 1.165) is 0 Å². The Morgan fingerprint density at radius 1 is 1.60 bits per heavy atom. The molecule has 1 saturated carbocycles. The molecule has 0 spiro atoms. The maximum absolute atomic E-state index is 11.7. The molecule has 0 aromatic rings. The van der Waals surface area contributed by atoms with E-state index in [0.29, 0.717) is 19.3 Å². The standard InChI is InChI=1S/C10H19NO3S/c1-4-8(2)7-9(12)11-15(13,14)10(3)5-6-10/h4,8-9,11-12H,1,5-7H2,2-3H3. The van der Waals surface area contributed by atoms with Crippen molar-refractivity contribution < 1.29 is 13.5 Å². The summed E-state index contributed by atoms with van der Waals surface area (Å²) in [4.78, 5) is 0. The van der Waals surface area contributed by atoms with Crippen LogP contribution in [0.25, 0.3) is 0 Å². The fourth-order valence-electron chi connectivity index (χ4n) is 1.26. The fourth-order valence-corrected chi connectivity index (χ4v) is 2.64. The van der Waals surface area contributed by atoms with Crippen LogP contribution in [-0.4, -0.2) is 24.5 Å². The van der Waals surface area contributed by atoms with E-state index in [9.17, 15) is 13.5 Å². The van der Waals surface area contributed by atoms with Gasteiger partial charge >= 0.3 is 0 Å². The van der Waals surface area contributed by atoms with Gasteiger partial charge in [0.15, 0.2) is 0 Å². The van der Waals surface area contributed by atoms with Crippen molar-refractivity contribution in [2.24, 2.45) is 5.92 Å². The highest BCUT2D eigenvalue weighted by molar-refractivity contribution is 7.91. The first-order valence-electron chi connectivity index (χ1n) is 5.13. The number of allylic oxidation sites excluding steroid dienone is 1. The monoisotopic (exact) mass is 233 g/mol. The molecular weight excluding hydrogens is 214 g/mol. The van der Waals surface area contributed by atoms with Crippen LogP contribution >= 0.6 is 0 Å². The number of nitrogens with one attached hydrogen (secondary N) is 1. The van der Waals surface area contributed by atoms with Crippen molar-refractivity contribution in [3.05, 3.63) is 12.7 Å². The molecule has 1 rings (SSSR count). The Morgan fingerprint density at radius 3 is 2.53 bits per heavy atom. The van der Waals surface area contributed by atoms with Crippen molar-refractivity contribution in [3.8, 4) is 0 Å². The number of aliphatic hydroxyl groups is 1. The second-order valence-corrected chi connectivity index (χ2v) is 6.76. The maximum atomic E-state index is 11.7. The Hall–Kier alpha value is -0.390. The molecule has 88 valence electrons. The second kappa shape index (κ2) is 4.23. The lowest BCUT2D eigenvalue weighted by Crippen LogP contribution is -2.41. The summed E-state index contributed by atoms with van der Waals surface area (Å²) in [5, 5.41) is 9.54. The van der Waals surface area contributed by atoms with Crippen molar-refractivity contribution in [3.63, 3.8) is 0 Å². The summed E-state index contributed by atoms with van der Waals surface area (Å²) in [6, 6.07) is 0. The van der Waals surface area contributed by atoms with Gasteiger partial charge < -0.3 is 5.11 Å². The number of aliphatic hydroxyl groups excluding tert-OH is 1. The zero-order valence-electron chi connectivity index (χ0n) is 9.23. The third-order valence-electron chi connectivity index (χ3n) is 2.89. The minimum Gasteiger partial charge on any atom is -0.378 e. The predicted molar refractivity (Wildman–Crippen MR) is 59.7 cm³/mol. The molecule has 1 aliphatic carbocycles. The van der Waals surface area contributed by atoms with Gasteiger partial charge in [-0.25, -0.2) is 8.42 Å². The molecule has 0 aromatic carbocycles. The van der Waals surface area contributed by atoms with E-state index in [2.05, 4.69) is 11.3 Å². The van der Waals surface area contributed by atoms with Gasteiger partial charge in [0.2, 0.25) is 10.0 Å². The van der Waals surface area contributed by atoms with Crippen LogP contribution in [0.1, 0.15) is 33.1 Å². The first-order chi connectivity index (χ1) is 6.81. The summed E-state index contributed by atoms with van der Waals surface area (Å²) in [5.74, 6) is 0.0923. The molecule has 0 aliphatic heterocycles. The van der Waals surface area contributed by atoms with E-state index < -0.39 is 21.0 Å². The van der Waals surface area contributed by atoms with Crippen LogP contribution in [0.4, 0.5) is 0 Å². The highest BCUT2D eigenvalue weighted by Gasteiger charge is 2.50. The Labute approximate surface area is 91.4 Å². The number of hydrogen-bond donors (Lipinski definition) is 2. The van der Waals surface area contributed by atoms with E-state index >= 15 is 0 Å². The van der Waals surface area contributed by atoms with Gasteiger partial charge in [-0.05, 0) is 32.1 Å². The van der Waals surface area contributed by atoms with Gasteiger partial charge in [0, 0.05) is 0 Å². The van der Waals surface area contributed by atoms with E-state index in [4.69, 9.17) is 0 Å². The Balaban J connectivity index is 2.51. The molecule has 1 fully saturated rings. The maximum Gasteiger partial charge on any atom is 0.219 e.